The Bertz CT molecular complexity index is 95.7. The summed E-state index contributed by atoms with van der Waals surface area (Å²) in [5.41, 5.74) is 4.65. The number of carbonyl (C=O) groups is 1. The minimum atomic E-state index is -2.99. The van der Waals surface area contributed by atoms with Crippen LogP contribution >= 0.6 is 6.42 Å². The smallest absolute Gasteiger partial charge is 0.191 e. The number of nitrogens with two attached hydrogens (primary N) is 1. The van der Waals surface area contributed by atoms with Crippen LogP contribution in [0.15, 0.2) is 0 Å². The van der Waals surface area contributed by atoms with Gasteiger partial charge in [-0.25, -0.2) is 0 Å². The van der Waals surface area contributed by atoms with E-state index in [2.05, 4.69) is 17.3 Å². The molecule has 0 aromatic rings. The molecule has 0 fully saturated rings. The highest BCUT2D eigenvalue weighted by atomic mass is 32.4. The third kappa shape index (κ3) is 4.24. The molecule has 0 saturated heterocycles. The van der Waals surface area contributed by atoms with Crippen LogP contribution in [0.1, 0.15) is 0 Å². The molecule has 1 atom stereocenters. The van der Waals surface area contributed by atoms with Crippen LogP contribution < -0.4 is 5.50 Å². The fraction of sp³-hybridized carbons (Fsp3) is 0. The van der Waals surface area contributed by atoms with E-state index in [1.54, 1.807) is 0 Å². The van der Waals surface area contributed by atoms with Gasteiger partial charge in [0.2, 0.25) is 0 Å². The molecule has 1 unspecified atom stereocenters. The van der Waals surface area contributed by atoms with Crippen molar-refractivity contribution in [2.75, 3.05) is 0 Å². The Kier molecular flexibility index (Phi) is 1.87. The fourth-order valence-electron chi connectivity index (χ4n) is 0. The van der Waals surface area contributed by atoms with Crippen molar-refractivity contribution in [1.29, 1.82) is 0 Å². The van der Waals surface area contributed by atoms with Gasteiger partial charge < -0.3 is 4.89 Å². The third-order valence-electron chi connectivity index (χ3n) is 0.151. The first-order chi connectivity index (χ1) is 2.56. The molecule has 0 bridgehead atoms. The SMILES string of the molecule is NP(O)(=S)C=O. The molecular weight excluding hydrogens is 121 g/mol. The average Bonchev–Trinajstić information content (AvgIpc) is 1.35. The van der Waals surface area contributed by atoms with E-state index in [4.69, 9.17) is 4.89 Å². The van der Waals surface area contributed by atoms with Crippen LogP contribution in [0.5, 0.6) is 0 Å². The Morgan fingerprint density at radius 1 is 2.00 bits per heavy atom. The van der Waals surface area contributed by atoms with Crippen molar-refractivity contribution in [1.82, 2.24) is 0 Å². The minimum Gasteiger partial charge on any atom is -0.349 e. The number of rotatable bonds is 1. The van der Waals surface area contributed by atoms with E-state index in [1.165, 1.54) is 0 Å². The Labute approximate surface area is 40.3 Å². The van der Waals surface area contributed by atoms with Crippen molar-refractivity contribution in [2.24, 2.45) is 5.50 Å². The molecule has 0 radical (unpaired) electrons. The van der Waals surface area contributed by atoms with Crippen LogP contribution in [0.3, 0.4) is 0 Å². The van der Waals surface area contributed by atoms with E-state index in [1.807, 2.05) is 0 Å². The standard InChI is InChI=1S/CH4NO2PS/c2-5(4,6)1-3/h1H,(H3,2,4,6). The van der Waals surface area contributed by atoms with E-state index in [0.717, 1.165) is 0 Å². The van der Waals surface area contributed by atoms with E-state index in [-0.39, 0.29) is 6.03 Å². The molecular formula is CH4NO2PS. The molecule has 0 amide bonds. The second-order valence-corrected chi connectivity index (χ2v) is 4.09. The predicted octanol–water partition coefficient (Wildman–Crippen LogP) is -0.563. The van der Waals surface area contributed by atoms with Crippen molar-refractivity contribution >= 4 is 24.2 Å². The second-order valence-electron chi connectivity index (χ2n) is 0.778. The fourth-order valence-corrected chi connectivity index (χ4v) is 0. The Morgan fingerprint density at radius 2 is 2.17 bits per heavy atom. The summed E-state index contributed by atoms with van der Waals surface area (Å²) in [6.45, 7) is 0. The molecule has 5 heteroatoms. The van der Waals surface area contributed by atoms with Crippen molar-refractivity contribution in [3.8, 4) is 0 Å². The zero-order chi connectivity index (χ0) is 5.21. The maximum Gasteiger partial charge on any atom is 0.191 e. The van der Waals surface area contributed by atoms with Gasteiger partial charge in [0.15, 0.2) is 12.4 Å². The lowest BCUT2D eigenvalue weighted by Crippen LogP contribution is -1.90. The van der Waals surface area contributed by atoms with Gasteiger partial charge in [-0.15, -0.1) is 0 Å². The first kappa shape index (κ1) is 6.24. The summed E-state index contributed by atoms with van der Waals surface area (Å²) >= 11 is 4.06. The molecule has 0 aliphatic heterocycles. The summed E-state index contributed by atoms with van der Waals surface area (Å²) in [5, 5.41) is 0. The molecule has 0 aliphatic carbocycles. The number of carbonyl (C=O) groups excluding carboxylic acids is 1. The summed E-state index contributed by atoms with van der Waals surface area (Å²) in [4.78, 5) is 17.6. The van der Waals surface area contributed by atoms with Crippen LogP contribution in [0.25, 0.3) is 0 Å². The van der Waals surface area contributed by atoms with Gasteiger partial charge in [-0.2, -0.15) is 0 Å². The van der Waals surface area contributed by atoms with Gasteiger partial charge >= 0.3 is 0 Å². The van der Waals surface area contributed by atoms with Crippen LogP contribution in [0, 0.1) is 0 Å². The molecule has 0 aromatic carbocycles. The van der Waals surface area contributed by atoms with Gasteiger partial charge in [0.05, 0.1) is 0 Å². The lowest BCUT2D eigenvalue weighted by atomic mass is 11.8. The molecule has 0 saturated carbocycles. The number of hydrogen-bond acceptors (Lipinski definition) is 2. The third-order valence-corrected chi connectivity index (χ3v) is 0.711. The minimum absolute atomic E-state index is 0.197. The van der Waals surface area contributed by atoms with Gasteiger partial charge in [0.25, 0.3) is 0 Å². The molecule has 3 N–H and O–H groups in total. The van der Waals surface area contributed by atoms with Gasteiger partial charge in [-0.3, -0.25) is 10.3 Å². The van der Waals surface area contributed by atoms with Gasteiger partial charge in [-0.1, -0.05) is 0 Å². The highest BCUT2D eigenvalue weighted by Gasteiger charge is 1.96. The van der Waals surface area contributed by atoms with Crippen LogP contribution in [0.2, 0.25) is 0 Å². The Hall–Kier alpha value is 0.240. The van der Waals surface area contributed by atoms with Gasteiger partial charge in [0.1, 0.15) is 0 Å². The molecule has 0 spiro atoms. The summed E-state index contributed by atoms with van der Waals surface area (Å²) in [6.07, 6.45) is -2.99. The first-order valence-electron chi connectivity index (χ1n) is 1.13. The summed E-state index contributed by atoms with van der Waals surface area (Å²) < 4.78 is 0. The van der Waals surface area contributed by atoms with Crippen LogP contribution in [0.4, 0.5) is 0 Å². The molecule has 0 aliphatic rings. The van der Waals surface area contributed by atoms with Crippen molar-refractivity contribution in [2.45, 2.75) is 0 Å². The second kappa shape index (κ2) is 1.80. The normalized spacial score (nSPS) is 19.0. The quantitative estimate of drug-likeness (QED) is 0.364. The van der Waals surface area contributed by atoms with Gasteiger partial charge in [0, 0.05) is 0 Å². The van der Waals surface area contributed by atoms with E-state index >= 15 is 0 Å². The average molecular weight is 125 g/mol. The van der Waals surface area contributed by atoms with Crippen molar-refractivity contribution in [3.63, 3.8) is 0 Å². The summed E-state index contributed by atoms with van der Waals surface area (Å²) in [6, 6.07) is 0.197. The maximum atomic E-state index is 9.40. The van der Waals surface area contributed by atoms with E-state index < -0.39 is 6.42 Å². The van der Waals surface area contributed by atoms with Gasteiger partial charge in [-0.05, 0) is 11.8 Å². The van der Waals surface area contributed by atoms with Crippen LogP contribution in [-0.4, -0.2) is 10.9 Å². The molecule has 3 nitrogen and oxygen atoms in total. The predicted molar refractivity (Wildman–Crippen MR) is 27.4 cm³/mol. The summed E-state index contributed by atoms with van der Waals surface area (Å²) in [5.74, 6) is 0. The zero-order valence-corrected chi connectivity index (χ0v) is 4.58. The monoisotopic (exact) mass is 125 g/mol. The lowest BCUT2D eigenvalue weighted by molar-refractivity contribution is 0.559. The van der Waals surface area contributed by atoms with E-state index in [0.29, 0.717) is 0 Å². The lowest BCUT2D eigenvalue weighted by Gasteiger charge is -1.90. The zero-order valence-electron chi connectivity index (χ0n) is 2.87. The first-order valence-corrected chi connectivity index (χ1v) is 4.03. The van der Waals surface area contributed by atoms with Crippen molar-refractivity contribution < 1.29 is 9.69 Å². The van der Waals surface area contributed by atoms with Crippen LogP contribution in [-0.2, 0) is 16.6 Å². The van der Waals surface area contributed by atoms with E-state index in [9.17, 15) is 4.79 Å². The highest BCUT2D eigenvalue weighted by Crippen LogP contribution is 2.23. The maximum absolute atomic E-state index is 9.40. The largest absolute Gasteiger partial charge is 0.349 e. The molecule has 0 rings (SSSR count). The molecule has 36 valence electrons. The van der Waals surface area contributed by atoms with Crippen molar-refractivity contribution in [3.05, 3.63) is 0 Å². The molecule has 0 heterocycles. The topological polar surface area (TPSA) is 63.3 Å². The Balaban J connectivity index is 3.81. The highest BCUT2D eigenvalue weighted by molar-refractivity contribution is 8.17. The number of hydrogen-bond donors (Lipinski definition) is 2. The molecule has 6 heavy (non-hydrogen) atoms. The Morgan fingerprint density at radius 3 is 2.17 bits per heavy atom. The molecule has 0 aromatic heterocycles. The summed E-state index contributed by atoms with van der Waals surface area (Å²) in [7, 11) is 0.